The topological polar surface area (TPSA) is 12.0 Å². The maximum atomic E-state index is 3.80. The molecule has 3 rings (SSSR count). The van der Waals surface area contributed by atoms with Crippen LogP contribution in [0, 0.1) is 6.92 Å². The highest BCUT2D eigenvalue weighted by Crippen LogP contribution is 2.47. The van der Waals surface area contributed by atoms with Crippen LogP contribution < -0.4 is 5.32 Å². The van der Waals surface area contributed by atoms with Crippen LogP contribution >= 0.6 is 0 Å². The third-order valence-electron chi connectivity index (χ3n) is 4.60. The first-order chi connectivity index (χ1) is 8.28. The van der Waals surface area contributed by atoms with Crippen molar-refractivity contribution in [3.8, 4) is 0 Å². The van der Waals surface area contributed by atoms with Gasteiger partial charge in [-0.05, 0) is 38.2 Å². The van der Waals surface area contributed by atoms with Gasteiger partial charge in [-0.1, -0.05) is 42.7 Å². The highest BCUT2D eigenvalue weighted by molar-refractivity contribution is 5.33. The lowest BCUT2D eigenvalue weighted by atomic mass is 9.94. The van der Waals surface area contributed by atoms with Crippen molar-refractivity contribution in [3.63, 3.8) is 0 Å². The van der Waals surface area contributed by atoms with Gasteiger partial charge < -0.3 is 5.32 Å². The van der Waals surface area contributed by atoms with Crippen molar-refractivity contribution in [1.82, 2.24) is 5.32 Å². The molecule has 1 heteroatoms. The highest BCUT2D eigenvalue weighted by Gasteiger charge is 2.44. The quantitative estimate of drug-likeness (QED) is 0.832. The normalized spacial score (nSPS) is 22.9. The van der Waals surface area contributed by atoms with E-state index in [1.165, 1.54) is 50.6 Å². The predicted octanol–water partition coefficient (Wildman–Crippen LogP) is 3.56. The molecule has 2 saturated carbocycles. The van der Waals surface area contributed by atoms with E-state index in [2.05, 4.69) is 36.5 Å². The van der Waals surface area contributed by atoms with Crippen molar-refractivity contribution in [2.75, 3.05) is 6.54 Å². The van der Waals surface area contributed by atoms with Gasteiger partial charge in [-0.15, -0.1) is 0 Å². The molecule has 0 amide bonds. The average molecular weight is 229 g/mol. The minimum absolute atomic E-state index is 0.482. The van der Waals surface area contributed by atoms with Crippen LogP contribution in [0.5, 0.6) is 0 Å². The van der Waals surface area contributed by atoms with E-state index >= 15 is 0 Å². The first-order valence-corrected chi connectivity index (χ1v) is 7.09. The van der Waals surface area contributed by atoms with Gasteiger partial charge in [0.2, 0.25) is 0 Å². The Bertz CT molecular complexity index is 369. The van der Waals surface area contributed by atoms with Crippen molar-refractivity contribution in [3.05, 3.63) is 35.4 Å². The van der Waals surface area contributed by atoms with Crippen LogP contribution in [0.3, 0.4) is 0 Å². The lowest BCUT2D eigenvalue weighted by molar-refractivity contribution is 0.479. The zero-order chi connectivity index (χ0) is 11.7. The van der Waals surface area contributed by atoms with Gasteiger partial charge in [0.15, 0.2) is 0 Å². The molecular weight excluding hydrogens is 206 g/mol. The second kappa shape index (κ2) is 4.45. The molecule has 1 N–H and O–H groups in total. The first-order valence-electron chi connectivity index (χ1n) is 7.09. The van der Waals surface area contributed by atoms with E-state index in [0.29, 0.717) is 5.41 Å². The van der Waals surface area contributed by atoms with Crippen LogP contribution in [0.4, 0.5) is 0 Å². The summed E-state index contributed by atoms with van der Waals surface area (Å²) in [5.41, 5.74) is 3.40. The molecule has 1 aromatic rings. The van der Waals surface area contributed by atoms with E-state index in [1.807, 2.05) is 0 Å². The zero-order valence-electron chi connectivity index (χ0n) is 10.8. The molecule has 0 saturated heterocycles. The lowest BCUT2D eigenvalue weighted by Gasteiger charge is -2.20. The monoisotopic (exact) mass is 229 g/mol. The number of rotatable bonds is 4. The van der Waals surface area contributed by atoms with E-state index < -0.39 is 0 Å². The lowest BCUT2D eigenvalue weighted by Crippen LogP contribution is -2.33. The van der Waals surface area contributed by atoms with Gasteiger partial charge in [0.1, 0.15) is 0 Å². The van der Waals surface area contributed by atoms with Gasteiger partial charge in [-0.25, -0.2) is 0 Å². The molecule has 2 aliphatic carbocycles. The van der Waals surface area contributed by atoms with Gasteiger partial charge in [0, 0.05) is 18.0 Å². The molecule has 0 spiro atoms. The van der Waals surface area contributed by atoms with Crippen LogP contribution in [-0.4, -0.2) is 12.6 Å². The smallest absolute Gasteiger partial charge is 0.00785 e. The van der Waals surface area contributed by atoms with Crippen LogP contribution in [0.1, 0.15) is 49.7 Å². The Hall–Kier alpha value is -0.820. The van der Waals surface area contributed by atoms with Crippen LogP contribution in [0.25, 0.3) is 0 Å². The summed E-state index contributed by atoms with van der Waals surface area (Å²) in [4.78, 5) is 0. The van der Waals surface area contributed by atoms with Gasteiger partial charge in [0.05, 0.1) is 0 Å². The van der Waals surface area contributed by atoms with Crippen molar-refractivity contribution in [1.29, 1.82) is 0 Å². The molecule has 0 unspecified atom stereocenters. The van der Waals surface area contributed by atoms with Gasteiger partial charge in [-0.2, -0.15) is 0 Å². The fourth-order valence-electron chi connectivity index (χ4n) is 3.10. The van der Waals surface area contributed by atoms with E-state index in [4.69, 9.17) is 0 Å². The molecule has 2 fully saturated rings. The molecule has 0 bridgehead atoms. The molecule has 0 radical (unpaired) electrons. The zero-order valence-corrected chi connectivity index (χ0v) is 10.8. The molecule has 1 aromatic carbocycles. The number of hydrogen-bond donors (Lipinski definition) is 1. The Morgan fingerprint density at radius 2 is 1.76 bits per heavy atom. The van der Waals surface area contributed by atoms with Gasteiger partial charge in [0.25, 0.3) is 0 Å². The Kier molecular flexibility index (Phi) is 2.96. The number of benzene rings is 1. The van der Waals surface area contributed by atoms with Crippen molar-refractivity contribution in [2.45, 2.75) is 56.9 Å². The first kappa shape index (κ1) is 11.3. The fourth-order valence-corrected chi connectivity index (χ4v) is 3.10. The summed E-state index contributed by atoms with van der Waals surface area (Å²) in [6, 6.07) is 9.98. The van der Waals surface area contributed by atoms with Gasteiger partial charge in [-0.3, -0.25) is 0 Å². The maximum Gasteiger partial charge on any atom is 0.00785 e. The van der Waals surface area contributed by atoms with Crippen LogP contribution in [0.15, 0.2) is 24.3 Å². The summed E-state index contributed by atoms with van der Waals surface area (Å²) in [6.07, 6.45) is 8.38. The minimum atomic E-state index is 0.482. The number of hydrogen-bond acceptors (Lipinski definition) is 1. The second-order valence-corrected chi connectivity index (χ2v) is 6.01. The van der Waals surface area contributed by atoms with Crippen molar-refractivity contribution < 1.29 is 0 Å². The predicted molar refractivity (Wildman–Crippen MR) is 72.3 cm³/mol. The summed E-state index contributed by atoms with van der Waals surface area (Å²) < 4.78 is 0. The SMILES string of the molecule is Cc1ccc(C2(CNC3CCCC3)CC2)cc1. The summed E-state index contributed by atoms with van der Waals surface area (Å²) in [5, 5.41) is 3.80. The maximum absolute atomic E-state index is 3.80. The van der Waals surface area contributed by atoms with Gasteiger partial charge >= 0.3 is 0 Å². The Morgan fingerprint density at radius 3 is 2.35 bits per heavy atom. The van der Waals surface area contributed by atoms with Crippen molar-refractivity contribution >= 4 is 0 Å². The molecule has 0 aliphatic heterocycles. The Balaban J connectivity index is 1.63. The summed E-state index contributed by atoms with van der Waals surface area (Å²) in [6.45, 7) is 3.36. The summed E-state index contributed by atoms with van der Waals surface area (Å²) in [5.74, 6) is 0. The summed E-state index contributed by atoms with van der Waals surface area (Å²) in [7, 11) is 0. The molecule has 0 atom stereocenters. The standard InChI is InChI=1S/C16H23N/c1-13-6-8-14(9-7-13)16(10-11-16)12-17-15-4-2-3-5-15/h6-9,15,17H,2-5,10-12H2,1H3. The molecule has 17 heavy (non-hydrogen) atoms. The Labute approximate surface area is 105 Å². The molecule has 92 valence electrons. The third kappa shape index (κ3) is 2.40. The average Bonchev–Trinajstić information content (AvgIpc) is 2.95. The Morgan fingerprint density at radius 1 is 1.12 bits per heavy atom. The molecule has 0 heterocycles. The molecule has 2 aliphatic rings. The number of nitrogens with one attached hydrogen (secondary N) is 1. The van der Waals surface area contributed by atoms with E-state index in [1.54, 1.807) is 5.56 Å². The second-order valence-electron chi connectivity index (χ2n) is 6.01. The number of aryl methyl sites for hydroxylation is 1. The third-order valence-corrected chi connectivity index (χ3v) is 4.60. The molecule has 0 aromatic heterocycles. The van der Waals surface area contributed by atoms with E-state index in [-0.39, 0.29) is 0 Å². The minimum Gasteiger partial charge on any atom is -0.313 e. The van der Waals surface area contributed by atoms with Crippen LogP contribution in [-0.2, 0) is 5.41 Å². The van der Waals surface area contributed by atoms with E-state index in [0.717, 1.165) is 6.04 Å². The fraction of sp³-hybridized carbons (Fsp3) is 0.625. The van der Waals surface area contributed by atoms with Crippen molar-refractivity contribution in [2.24, 2.45) is 0 Å². The molecule has 1 nitrogen and oxygen atoms in total. The van der Waals surface area contributed by atoms with Crippen LogP contribution in [0.2, 0.25) is 0 Å². The largest absolute Gasteiger partial charge is 0.313 e. The summed E-state index contributed by atoms with van der Waals surface area (Å²) >= 11 is 0. The van der Waals surface area contributed by atoms with E-state index in [9.17, 15) is 0 Å². The molecular formula is C16H23N. The highest BCUT2D eigenvalue weighted by atomic mass is 14.9.